The van der Waals surface area contributed by atoms with Gasteiger partial charge in [-0.05, 0) is 30.1 Å². The minimum atomic E-state index is 1.02. The maximum Gasteiger partial charge on any atom is -0.0273 e. The standard InChI is InChI=1S/C12H18/c1-6-9-12(10(4)7-2)11(5)8-3/h7-8H,2-4,6,9H2,1,5H3/b12-11-. The van der Waals surface area contributed by atoms with Crippen molar-refractivity contribution in [3.8, 4) is 0 Å². The van der Waals surface area contributed by atoms with Crippen molar-refractivity contribution in [2.45, 2.75) is 26.7 Å². The number of hydrogen-bond donors (Lipinski definition) is 0. The molecule has 0 saturated carbocycles. The zero-order chi connectivity index (χ0) is 9.56. The van der Waals surface area contributed by atoms with E-state index in [0.717, 1.165) is 18.4 Å². The monoisotopic (exact) mass is 162 g/mol. The Balaban J connectivity index is 4.75. The van der Waals surface area contributed by atoms with E-state index >= 15 is 0 Å². The van der Waals surface area contributed by atoms with Crippen LogP contribution in [0.5, 0.6) is 0 Å². The molecule has 0 N–H and O–H groups in total. The summed E-state index contributed by atoms with van der Waals surface area (Å²) in [5, 5.41) is 0. The van der Waals surface area contributed by atoms with Crippen LogP contribution in [-0.2, 0) is 0 Å². The summed E-state index contributed by atoms with van der Waals surface area (Å²) in [6.07, 6.45) is 5.87. The molecule has 12 heavy (non-hydrogen) atoms. The van der Waals surface area contributed by atoms with Crippen LogP contribution >= 0.6 is 0 Å². The summed E-state index contributed by atoms with van der Waals surface area (Å²) < 4.78 is 0. The van der Waals surface area contributed by atoms with Crippen LogP contribution in [-0.4, -0.2) is 0 Å². The normalized spacial score (nSPS) is 11.8. The molecule has 0 amide bonds. The Morgan fingerprint density at radius 3 is 2.17 bits per heavy atom. The van der Waals surface area contributed by atoms with Gasteiger partial charge in [0.1, 0.15) is 0 Å². The van der Waals surface area contributed by atoms with Crippen molar-refractivity contribution in [3.05, 3.63) is 48.6 Å². The quantitative estimate of drug-likeness (QED) is 0.535. The summed E-state index contributed by atoms with van der Waals surface area (Å²) >= 11 is 0. The molecule has 66 valence electrons. The van der Waals surface area contributed by atoms with Crippen molar-refractivity contribution in [2.24, 2.45) is 0 Å². The van der Waals surface area contributed by atoms with Gasteiger partial charge >= 0.3 is 0 Å². The predicted molar refractivity (Wildman–Crippen MR) is 57.1 cm³/mol. The first-order chi connectivity index (χ1) is 5.67. The minimum Gasteiger partial charge on any atom is -0.0988 e. The van der Waals surface area contributed by atoms with Crippen molar-refractivity contribution in [3.63, 3.8) is 0 Å². The highest BCUT2D eigenvalue weighted by atomic mass is 14.1. The van der Waals surface area contributed by atoms with Gasteiger partial charge in [0.25, 0.3) is 0 Å². The van der Waals surface area contributed by atoms with Gasteiger partial charge in [-0.15, -0.1) is 0 Å². The highest BCUT2D eigenvalue weighted by molar-refractivity contribution is 5.42. The zero-order valence-electron chi connectivity index (χ0n) is 8.19. The van der Waals surface area contributed by atoms with Crippen LogP contribution in [0, 0.1) is 0 Å². The molecular formula is C12H18. The lowest BCUT2D eigenvalue weighted by molar-refractivity contribution is 0.909. The molecule has 0 rings (SSSR count). The first-order valence-electron chi connectivity index (χ1n) is 4.31. The smallest absolute Gasteiger partial charge is 0.0273 e. The van der Waals surface area contributed by atoms with E-state index in [1.807, 2.05) is 6.08 Å². The Bertz CT molecular complexity index is 216. The summed E-state index contributed by atoms with van der Waals surface area (Å²) in [5.41, 5.74) is 3.51. The topological polar surface area (TPSA) is 0 Å². The summed E-state index contributed by atoms with van der Waals surface area (Å²) in [4.78, 5) is 0. The van der Waals surface area contributed by atoms with Gasteiger partial charge in [0.2, 0.25) is 0 Å². The SMILES string of the molecule is C=CC(=C)/C(CCC)=C(/C)C=C. The molecule has 0 heteroatoms. The van der Waals surface area contributed by atoms with Gasteiger partial charge in [-0.25, -0.2) is 0 Å². The number of rotatable bonds is 5. The molecule has 0 aromatic heterocycles. The van der Waals surface area contributed by atoms with Crippen LogP contribution in [0.1, 0.15) is 26.7 Å². The zero-order valence-corrected chi connectivity index (χ0v) is 8.19. The van der Waals surface area contributed by atoms with Gasteiger partial charge in [0.05, 0.1) is 0 Å². The molecule has 0 unspecified atom stereocenters. The largest absolute Gasteiger partial charge is 0.0988 e. The second-order valence-corrected chi connectivity index (χ2v) is 2.85. The highest BCUT2D eigenvalue weighted by Crippen LogP contribution is 2.20. The van der Waals surface area contributed by atoms with Crippen LogP contribution in [0.15, 0.2) is 48.6 Å². The van der Waals surface area contributed by atoms with Gasteiger partial charge in [-0.1, -0.05) is 45.2 Å². The van der Waals surface area contributed by atoms with Crippen LogP contribution in [0.25, 0.3) is 0 Å². The molecule has 0 heterocycles. The van der Waals surface area contributed by atoms with Crippen molar-refractivity contribution in [1.29, 1.82) is 0 Å². The molecule has 0 saturated heterocycles. The third-order valence-corrected chi connectivity index (χ3v) is 1.92. The van der Waals surface area contributed by atoms with E-state index in [1.54, 1.807) is 6.08 Å². The molecule has 0 nitrogen and oxygen atoms in total. The molecule has 0 bridgehead atoms. The Morgan fingerprint density at radius 2 is 1.83 bits per heavy atom. The van der Waals surface area contributed by atoms with Gasteiger partial charge in [-0.2, -0.15) is 0 Å². The molecule has 0 radical (unpaired) electrons. The van der Waals surface area contributed by atoms with Crippen LogP contribution in [0.2, 0.25) is 0 Å². The fourth-order valence-electron chi connectivity index (χ4n) is 1.11. The molecular weight excluding hydrogens is 144 g/mol. The Hall–Kier alpha value is -1.04. The molecule has 0 aromatic carbocycles. The Labute approximate surface area is 76.0 Å². The second-order valence-electron chi connectivity index (χ2n) is 2.85. The maximum atomic E-state index is 3.94. The van der Waals surface area contributed by atoms with Gasteiger partial charge in [0.15, 0.2) is 0 Å². The van der Waals surface area contributed by atoms with Crippen LogP contribution in [0.4, 0.5) is 0 Å². The Morgan fingerprint density at radius 1 is 1.25 bits per heavy atom. The van der Waals surface area contributed by atoms with Crippen molar-refractivity contribution < 1.29 is 0 Å². The van der Waals surface area contributed by atoms with Gasteiger partial charge < -0.3 is 0 Å². The fraction of sp³-hybridized carbons (Fsp3) is 0.333. The highest BCUT2D eigenvalue weighted by Gasteiger charge is 2.00. The molecule has 0 aliphatic heterocycles. The predicted octanol–water partition coefficient (Wildman–Crippen LogP) is 4.03. The third kappa shape index (κ3) is 2.91. The van der Waals surface area contributed by atoms with E-state index in [0.29, 0.717) is 0 Å². The molecule has 0 aliphatic rings. The van der Waals surface area contributed by atoms with Crippen molar-refractivity contribution in [2.75, 3.05) is 0 Å². The van der Waals surface area contributed by atoms with Gasteiger partial charge in [-0.3, -0.25) is 0 Å². The Kier molecular flexibility index (Phi) is 5.11. The van der Waals surface area contributed by atoms with E-state index in [4.69, 9.17) is 0 Å². The molecule has 0 atom stereocenters. The second kappa shape index (κ2) is 5.59. The van der Waals surface area contributed by atoms with E-state index < -0.39 is 0 Å². The summed E-state index contributed by atoms with van der Waals surface area (Å²) in [6.45, 7) is 15.6. The average Bonchev–Trinajstić information content (AvgIpc) is 2.11. The van der Waals surface area contributed by atoms with E-state index in [2.05, 4.69) is 33.6 Å². The third-order valence-electron chi connectivity index (χ3n) is 1.92. The molecule has 0 fully saturated rings. The van der Waals surface area contributed by atoms with Crippen LogP contribution in [0.3, 0.4) is 0 Å². The van der Waals surface area contributed by atoms with Crippen molar-refractivity contribution in [1.82, 2.24) is 0 Å². The van der Waals surface area contributed by atoms with Gasteiger partial charge in [0, 0.05) is 0 Å². The summed E-state index contributed by atoms with van der Waals surface area (Å²) in [5.74, 6) is 0. The van der Waals surface area contributed by atoms with Crippen LogP contribution < -0.4 is 0 Å². The molecule has 0 spiro atoms. The fourth-order valence-corrected chi connectivity index (χ4v) is 1.11. The lowest BCUT2D eigenvalue weighted by Crippen LogP contribution is -1.88. The minimum absolute atomic E-state index is 1.02. The summed E-state index contributed by atoms with van der Waals surface area (Å²) in [7, 11) is 0. The van der Waals surface area contributed by atoms with E-state index in [1.165, 1.54) is 11.1 Å². The first-order valence-corrected chi connectivity index (χ1v) is 4.31. The number of allylic oxidation sites excluding steroid dienone is 5. The van der Waals surface area contributed by atoms with E-state index in [-0.39, 0.29) is 0 Å². The average molecular weight is 162 g/mol. The van der Waals surface area contributed by atoms with E-state index in [9.17, 15) is 0 Å². The summed E-state index contributed by atoms with van der Waals surface area (Å²) in [6, 6.07) is 0. The first kappa shape index (κ1) is 11.0. The molecule has 0 aliphatic carbocycles. The van der Waals surface area contributed by atoms with Crippen molar-refractivity contribution >= 4 is 0 Å². The number of hydrogen-bond acceptors (Lipinski definition) is 0. The maximum absolute atomic E-state index is 3.94. The lowest BCUT2D eigenvalue weighted by Gasteiger charge is -2.08. The molecule has 0 aromatic rings. The lowest BCUT2D eigenvalue weighted by atomic mass is 9.98.